The Bertz CT molecular complexity index is 870. The summed E-state index contributed by atoms with van der Waals surface area (Å²) in [6, 6.07) is 1.04. The molecule has 5 nitrogen and oxygen atoms in total. The summed E-state index contributed by atoms with van der Waals surface area (Å²) >= 11 is 3.02. The fraction of sp³-hybridized carbons (Fsp3) is 0.312. The molecule has 2 rings (SSSR count). The standard InChI is InChI=1S/C16H12BrF6N3O2/c1-8(2)28-13(27)6-12(17)26-7-24-14(25-26)9-3-10(15(18,19)20)5-11(4-9)16(21,22)23/h3-8H,1-2H3. The SMILES string of the molecule is CC(C)OC(=O)C=C(Br)n1cnc(-c2cc(C(F)(F)F)cc(C(F)(F)F)c2)n1. The fourth-order valence-corrected chi connectivity index (χ4v) is 2.37. The van der Waals surface area contributed by atoms with Gasteiger partial charge in [0.15, 0.2) is 5.82 Å². The first-order chi connectivity index (χ1) is 12.8. The van der Waals surface area contributed by atoms with Gasteiger partial charge in [-0.15, -0.1) is 5.10 Å². The minimum Gasteiger partial charge on any atom is -0.460 e. The average Bonchev–Trinajstić information content (AvgIpc) is 3.02. The van der Waals surface area contributed by atoms with Gasteiger partial charge in [0.05, 0.1) is 23.3 Å². The van der Waals surface area contributed by atoms with E-state index >= 15 is 0 Å². The van der Waals surface area contributed by atoms with Crippen molar-refractivity contribution in [1.82, 2.24) is 14.8 Å². The fourth-order valence-electron chi connectivity index (χ4n) is 2.01. The van der Waals surface area contributed by atoms with Crippen LogP contribution >= 0.6 is 15.9 Å². The summed E-state index contributed by atoms with van der Waals surface area (Å²) in [6.07, 6.45) is -8.35. The summed E-state index contributed by atoms with van der Waals surface area (Å²) in [7, 11) is 0. The third-order valence-electron chi connectivity index (χ3n) is 3.15. The van der Waals surface area contributed by atoms with Gasteiger partial charge in [0.1, 0.15) is 10.9 Å². The number of carbonyl (C=O) groups is 1. The van der Waals surface area contributed by atoms with Crippen LogP contribution in [0.3, 0.4) is 0 Å². The van der Waals surface area contributed by atoms with Gasteiger partial charge in [-0.25, -0.2) is 14.5 Å². The average molecular weight is 472 g/mol. The molecule has 0 unspecified atom stereocenters. The van der Waals surface area contributed by atoms with Crippen LogP contribution in [0.1, 0.15) is 25.0 Å². The van der Waals surface area contributed by atoms with E-state index in [1.807, 2.05) is 0 Å². The van der Waals surface area contributed by atoms with Gasteiger partial charge in [-0.05, 0) is 48.0 Å². The highest BCUT2D eigenvalue weighted by Gasteiger charge is 2.37. The molecule has 0 amide bonds. The van der Waals surface area contributed by atoms with Crippen LogP contribution < -0.4 is 0 Å². The number of rotatable bonds is 4. The molecule has 0 bridgehead atoms. The maximum absolute atomic E-state index is 13.0. The molecule has 12 heteroatoms. The third kappa shape index (κ3) is 5.57. The second kappa shape index (κ2) is 7.94. The van der Waals surface area contributed by atoms with Crippen LogP contribution in [0.15, 0.2) is 30.6 Å². The van der Waals surface area contributed by atoms with Crippen LogP contribution in [0.5, 0.6) is 0 Å². The highest BCUT2D eigenvalue weighted by molar-refractivity contribution is 9.14. The van der Waals surface area contributed by atoms with Gasteiger partial charge < -0.3 is 4.74 Å². The normalized spacial score (nSPS) is 13.1. The molecule has 0 saturated heterocycles. The van der Waals surface area contributed by atoms with Crippen molar-refractivity contribution in [3.05, 3.63) is 41.7 Å². The van der Waals surface area contributed by atoms with Gasteiger partial charge in [0.25, 0.3) is 0 Å². The van der Waals surface area contributed by atoms with Crippen LogP contribution in [-0.2, 0) is 21.9 Å². The van der Waals surface area contributed by atoms with E-state index in [0.29, 0.717) is 12.1 Å². The van der Waals surface area contributed by atoms with Crippen LogP contribution in [0.4, 0.5) is 26.3 Å². The van der Waals surface area contributed by atoms with Crippen LogP contribution in [0, 0.1) is 0 Å². The zero-order valence-electron chi connectivity index (χ0n) is 14.3. The highest BCUT2D eigenvalue weighted by Crippen LogP contribution is 2.38. The molecular weight excluding hydrogens is 460 g/mol. The Labute approximate surface area is 163 Å². The molecule has 0 aliphatic heterocycles. The molecule has 2 aromatic rings. The predicted octanol–water partition coefficient (Wildman–Crippen LogP) is 5.13. The number of alkyl halides is 6. The maximum Gasteiger partial charge on any atom is 0.416 e. The van der Waals surface area contributed by atoms with Gasteiger partial charge in [0.2, 0.25) is 0 Å². The summed E-state index contributed by atoms with van der Waals surface area (Å²) in [5.41, 5.74) is -3.45. The summed E-state index contributed by atoms with van der Waals surface area (Å²) in [4.78, 5) is 15.3. The second-order valence-corrected chi connectivity index (χ2v) is 6.57. The second-order valence-electron chi connectivity index (χ2n) is 5.76. The molecule has 1 aromatic heterocycles. The number of ether oxygens (including phenoxy) is 1. The molecule has 0 spiro atoms. The van der Waals surface area contributed by atoms with E-state index < -0.39 is 35.0 Å². The first-order valence-corrected chi connectivity index (χ1v) is 8.36. The third-order valence-corrected chi connectivity index (χ3v) is 3.74. The number of nitrogens with zero attached hydrogens (tertiary/aromatic N) is 3. The molecule has 152 valence electrons. The smallest absolute Gasteiger partial charge is 0.416 e. The summed E-state index contributed by atoms with van der Waals surface area (Å²) in [5.74, 6) is -1.11. The molecule has 0 saturated carbocycles. The largest absolute Gasteiger partial charge is 0.460 e. The number of halogens is 7. The lowest BCUT2D eigenvalue weighted by atomic mass is 10.0. The molecular formula is C16H12BrF6N3O2. The Morgan fingerprint density at radius 2 is 1.64 bits per heavy atom. The molecule has 0 aliphatic rings. The molecule has 0 N–H and O–H groups in total. The number of hydrogen-bond donors (Lipinski definition) is 0. The van der Waals surface area contributed by atoms with Crippen LogP contribution in [0.2, 0.25) is 0 Å². The highest BCUT2D eigenvalue weighted by atomic mass is 79.9. The van der Waals surface area contributed by atoms with Crippen molar-refractivity contribution in [1.29, 1.82) is 0 Å². The Hall–Kier alpha value is -2.37. The van der Waals surface area contributed by atoms with E-state index in [4.69, 9.17) is 4.74 Å². The Balaban J connectivity index is 2.44. The first kappa shape index (κ1) is 21.9. The Morgan fingerprint density at radius 1 is 1.11 bits per heavy atom. The molecule has 0 radical (unpaired) electrons. The van der Waals surface area contributed by atoms with Crippen LogP contribution in [-0.4, -0.2) is 26.8 Å². The zero-order chi connectivity index (χ0) is 21.3. The number of hydrogen-bond acceptors (Lipinski definition) is 4. The Morgan fingerprint density at radius 3 is 2.11 bits per heavy atom. The van der Waals surface area contributed by atoms with Gasteiger partial charge in [-0.2, -0.15) is 26.3 Å². The van der Waals surface area contributed by atoms with Gasteiger partial charge in [-0.3, -0.25) is 0 Å². The molecule has 0 fully saturated rings. The minimum absolute atomic E-state index is 0.0121. The number of carbonyl (C=O) groups excluding carboxylic acids is 1. The minimum atomic E-state index is -4.99. The molecule has 28 heavy (non-hydrogen) atoms. The lowest BCUT2D eigenvalue weighted by Crippen LogP contribution is -2.11. The summed E-state index contributed by atoms with van der Waals surface area (Å²) in [5, 5.41) is 3.81. The first-order valence-electron chi connectivity index (χ1n) is 7.57. The lowest BCUT2D eigenvalue weighted by molar-refractivity contribution is -0.143. The predicted molar refractivity (Wildman–Crippen MR) is 89.9 cm³/mol. The van der Waals surface area contributed by atoms with Crippen molar-refractivity contribution in [3.63, 3.8) is 0 Å². The number of esters is 1. The topological polar surface area (TPSA) is 57.0 Å². The van der Waals surface area contributed by atoms with E-state index in [0.717, 1.165) is 17.1 Å². The van der Waals surface area contributed by atoms with Gasteiger partial charge >= 0.3 is 18.3 Å². The van der Waals surface area contributed by atoms with Crippen molar-refractivity contribution in [2.45, 2.75) is 32.3 Å². The lowest BCUT2D eigenvalue weighted by Gasteiger charge is -2.13. The number of aromatic nitrogens is 3. The summed E-state index contributed by atoms with van der Waals surface area (Å²) in [6.45, 7) is 3.25. The van der Waals surface area contributed by atoms with Gasteiger partial charge in [-0.1, -0.05) is 0 Å². The van der Waals surface area contributed by atoms with E-state index in [1.54, 1.807) is 13.8 Å². The van der Waals surface area contributed by atoms with Crippen LogP contribution in [0.25, 0.3) is 16.0 Å². The summed E-state index contributed by atoms with van der Waals surface area (Å²) < 4.78 is 83.6. The maximum atomic E-state index is 13.0. The molecule has 0 atom stereocenters. The Kier molecular flexibility index (Phi) is 6.21. The quantitative estimate of drug-likeness (QED) is 0.352. The van der Waals surface area contributed by atoms with Crippen molar-refractivity contribution in [3.8, 4) is 11.4 Å². The van der Waals surface area contributed by atoms with E-state index in [1.165, 1.54) is 0 Å². The van der Waals surface area contributed by atoms with Crippen molar-refractivity contribution >= 4 is 26.5 Å². The zero-order valence-corrected chi connectivity index (χ0v) is 15.9. The molecule has 0 aliphatic carbocycles. The van der Waals surface area contributed by atoms with Crippen molar-refractivity contribution in [2.24, 2.45) is 0 Å². The molecule has 1 heterocycles. The molecule has 1 aromatic carbocycles. The van der Waals surface area contributed by atoms with Crippen molar-refractivity contribution in [2.75, 3.05) is 0 Å². The van der Waals surface area contributed by atoms with E-state index in [-0.39, 0.29) is 22.6 Å². The van der Waals surface area contributed by atoms with Crippen molar-refractivity contribution < 1.29 is 35.9 Å². The monoisotopic (exact) mass is 471 g/mol. The van der Waals surface area contributed by atoms with E-state index in [2.05, 4.69) is 26.0 Å². The van der Waals surface area contributed by atoms with E-state index in [9.17, 15) is 31.1 Å². The van der Waals surface area contributed by atoms with Gasteiger partial charge in [0, 0.05) is 5.56 Å². The number of benzene rings is 1.